The van der Waals surface area contributed by atoms with Crippen molar-refractivity contribution in [3.63, 3.8) is 0 Å². The summed E-state index contributed by atoms with van der Waals surface area (Å²) in [7, 11) is 0. The zero-order valence-corrected chi connectivity index (χ0v) is 9.83. The third-order valence-electron chi connectivity index (χ3n) is 3.14. The van der Waals surface area contributed by atoms with Crippen molar-refractivity contribution < 1.29 is 8.81 Å². The molecule has 0 fully saturated rings. The van der Waals surface area contributed by atoms with Crippen LogP contribution >= 0.6 is 0 Å². The first-order valence-corrected chi connectivity index (χ1v) is 5.77. The molecule has 2 aromatic carbocycles. The first kappa shape index (κ1) is 10.3. The van der Waals surface area contributed by atoms with Crippen LogP contribution in [0.1, 0.15) is 25.3 Å². The van der Waals surface area contributed by atoms with E-state index >= 15 is 0 Å². The molecule has 1 heterocycles. The number of hydrogen-bond acceptors (Lipinski definition) is 1. The van der Waals surface area contributed by atoms with E-state index < -0.39 is 0 Å². The van der Waals surface area contributed by atoms with Gasteiger partial charge >= 0.3 is 0 Å². The molecule has 0 atom stereocenters. The maximum Gasteiger partial charge on any atom is 0.138 e. The summed E-state index contributed by atoms with van der Waals surface area (Å²) in [5.41, 5.74) is 2.58. The van der Waals surface area contributed by atoms with Gasteiger partial charge < -0.3 is 4.42 Å². The van der Waals surface area contributed by atoms with Crippen LogP contribution in [0.15, 0.2) is 40.8 Å². The first-order chi connectivity index (χ1) is 8.16. The minimum Gasteiger partial charge on any atom is -0.456 e. The minimum atomic E-state index is -0.224. The van der Waals surface area contributed by atoms with E-state index in [0.717, 1.165) is 11.0 Å². The molecular formula is C15H13FO. The fourth-order valence-corrected chi connectivity index (χ4v) is 2.16. The Kier molecular flexibility index (Phi) is 2.18. The molecule has 0 saturated heterocycles. The van der Waals surface area contributed by atoms with Gasteiger partial charge in [-0.3, -0.25) is 0 Å². The summed E-state index contributed by atoms with van der Waals surface area (Å²) >= 11 is 0. The molecule has 0 saturated carbocycles. The summed E-state index contributed by atoms with van der Waals surface area (Å²) in [6.45, 7) is 4.26. The van der Waals surface area contributed by atoms with Crippen LogP contribution in [-0.4, -0.2) is 0 Å². The smallest absolute Gasteiger partial charge is 0.138 e. The highest BCUT2D eigenvalue weighted by Crippen LogP contribution is 2.32. The Bertz CT molecular complexity index is 695. The molecule has 1 nitrogen and oxygen atoms in total. The van der Waals surface area contributed by atoms with Gasteiger partial charge in [0, 0.05) is 5.39 Å². The highest BCUT2D eigenvalue weighted by molar-refractivity contribution is 6.05. The van der Waals surface area contributed by atoms with E-state index in [1.807, 2.05) is 18.2 Å². The Morgan fingerprint density at radius 1 is 1.06 bits per heavy atom. The Hall–Kier alpha value is -1.83. The second-order valence-corrected chi connectivity index (χ2v) is 4.63. The van der Waals surface area contributed by atoms with E-state index in [1.165, 1.54) is 11.6 Å². The zero-order chi connectivity index (χ0) is 12.0. The van der Waals surface area contributed by atoms with Gasteiger partial charge in [0.2, 0.25) is 0 Å². The monoisotopic (exact) mass is 228 g/mol. The lowest BCUT2D eigenvalue weighted by Gasteiger charge is -2.03. The molecule has 1 aromatic heterocycles. The van der Waals surface area contributed by atoms with Crippen LogP contribution in [0, 0.1) is 5.82 Å². The van der Waals surface area contributed by atoms with Gasteiger partial charge in [-0.1, -0.05) is 32.0 Å². The van der Waals surface area contributed by atoms with Crippen LogP contribution in [-0.2, 0) is 0 Å². The first-order valence-electron chi connectivity index (χ1n) is 5.77. The number of fused-ring (bicyclic) bond motifs is 3. The quantitative estimate of drug-likeness (QED) is 0.580. The molecule has 0 amide bonds. The Morgan fingerprint density at radius 2 is 1.88 bits per heavy atom. The van der Waals surface area contributed by atoms with Gasteiger partial charge in [0.05, 0.1) is 5.39 Å². The molecule has 0 aliphatic carbocycles. The van der Waals surface area contributed by atoms with Gasteiger partial charge in [-0.25, -0.2) is 4.39 Å². The van der Waals surface area contributed by atoms with Crippen LogP contribution in [0.3, 0.4) is 0 Å². The molecule has 86 valence electrons. The van der Waals surface area contributed by atoms with E-state index in [1.54, 1.807) is 12.1 Å². The standard InChI is InChI=1S/C15H13FO/c1-9(2)10-6-7-11-14(8-10)17-13-5-3-4-12(16)15(11)13/h3-9H,1-2H3. The zero-order valence-electron chi connectivity index (χ0n) is 9.83. The summed E-state index contributed by atoms with van der Waals surface area (Å²) in [6.07, 6.45) is 0. The van der Waals surface area contributed by atoms with Crippen molar-refractivity contribution in [2.75, 3.05) is 0 Å². The normalized spacial score (nSPS) is 11.8. The number of furan rings is 1. The van der Waals surface area contributed by atoms with E-state index in [9.17, 15) is 4.39 Å². The Labute approximate surface area is 98.8 Å². The lowest BCUT2D eigenvalue weighted by Crippen LogP contribution is -1.85. The molecule has 0 N–H and O–H groups in total. The lowest BCUT2D eigenvalue weighted by atomic mass is 10.0. The van der Waals surface area contributed by atoms with Gasteiger partial charge in [0.25, 0.3) is 0 Å². The van der Waals surface area contributed by atoms with Crippen molar-refractivity contribution in [3.05, 3.63) is 47.8 Å². The van der Waals surface area contributed by atoms with Gasteiger partial charge in [-0.2, -0.15) is 0 Å². The average Bonchev–Trinajstić information content (AvgIpc) is 2.67. The molecule has 3 rings (SSSR count). The van der Waals surface area contributed by atoms with Gasteiger partial charge in [0.1, 0.15) is 17.0 Å². The predicted octanol–water partition coefficient (Wildman–Crippen LogP) is 4.85. The van der Waals surface area contributed by atoms with Crippen molar-refractivity contribution >= 4 is 21.9 Å². The summed E-state index contributed by atoms with van der Waals surface area (Å²) in [4.78, 5) is 0. The van der Waals surface area contributed by atoms with Crippen molar-refractivity contribution in [1.82, 2.24) is 0 Å². The molecule has 0 aliphatic heterocycles. The summed E-state index contributed by atoms with van der Waals surface area (Å²) in [6, 6.07) is 10.9. The lowest BCUT2D eigenvalue weighted by molar-refractivity contribution is 0.633. The topological polar surface area (TPSA) is 13.1 Å². The highest BCUT2D eigenvalue weighted by Gasteiger charge is 2.11. The molecule has 0 aliphatic rings. The van der Waals surface area contributed by atoms with E-state index in [0.29, 0.717) is 16.9 Å². The maximum absolute atomic E-state index is 13.7. The summed E-state index contributed by atoms with van der Waals surface area (Å²) in [5.74, 6) is 0.219. The van der Waals surface area contributed by atoms with Gasteiger partial charge in [-0.05, 0) is 29.7 Å². The third-order valence-corrected chi connectivity index (χ3v) is 3.14. The fourth-order valence-electron chi connectivity index (χ4n) is 2.16. The molecular weight excluding hydrogens is 215 g/mol. The van der Waals surface area contributed by atoms with Crippen molar-refractivity contribution in [2.45, 2.75) is 19.8 Å². The summed E-state index contributed by atoms with van der Waals surface area (Å²) < 4.78 is 19.4. The second-order valence-electron chi connectivity index (χ2n) is 4.63. The molecule has 17 heavy (non-hydrogen) atoms. The predicted molar refractivity (Wildman–Crippen MR) is 67.8 cm³/mol. The van der Waals surface area contributed by atoms with Crippen molar-refractivity contribution in [2.24, 2.45) is 0 Å². The van der Waals surface area contributed by atoms with Gasteiger partial charge in [0.15, 0.2) is 0 Å². The highest BCUT2D eigenvalue weighted by atomic mass is 19.1. The number of hydrogen-bond donors (Lipinski definition) is 0. The van der Waals surface area contributed by atoms with Crippen LogP contribution in [0.4, 0.5) is 4.39 Å². The molecule has 0 unspecified atom stereocenters. The van der Waals surface area contributed by atoms with Crippen LogP contribution in [0.2, 0.25) is 0 Å². The molecule has 2 heteroatoms. The number of benzene rings is 2. The molecule has 3 aromatic rings. The molecule has 0 spiro atoms. The largest absolute Gasteiger partial charge is 0.456 e. The fraction of sp³-hybridized carbons (Fsp3) is 0.200. The number of rotatable bonds is 1. The third kappa shape index (κ3) is 1.52. The molecule has 0 radical (unpaired) electrons. The van der Waals surface area contributed by atoms with E-state index in [-0.39, 0.29) is 5.82 Å². The van der Waals surface area contributed by atoms with Gasteiger partial charge in [-0.15, -0.1) is 0 Å². The summed E-state index contributed by atoms with van der Waals surface area (Å²) in [5, 5.41) is 1.43. The van der Waals surface area contributed by atoms with E-state index in [2.05, 4.69) is 13.8 Å². The van der Waals surface area contributed by atoms with Crippen molar-refractivity contribution in [1.29, 1.82) is 0 Å². The van der Waals surface area contributed by atoms with E-state index in [4.69, 9.17) is 4.42 Å². The maximum atomic E-state index is 13.7. The number of halogens is 1. The van der Waals surface area contributed by atoms with Crippen LogP contribution in [0.5, 0.6) is 0 Å². The van der Waals surface area contributed by atoms with Crippen LogP contribution in [0.25, 0.3) is 21.9 Å². The Balaban J connectivity index is 2.40. The minimum absolute atomic E-state index is 0.224. The van der Waals surface area contributed by atoms with Crippen LogP contribution < -0.4 is 0 Å². The second kappa shape index (κ2) is 3.59. The average molecular weight is 228 g/mol. The molecule has 0 bridgehead atoms. The SMILES string of the molecule is CC(C)c1ccc2c(c1)oc1cccc(F)c12. The van der Waals surface area contributed by atoms with Crippen molar-refractivity contribution in [3.8, 4) is 0 Å². The Morgan fingerprint density at radius 3 is 2.65 bits per heavy atom.